The summed E-state index contributed by atoms with van der Waals surface area (Å²) in [6, 6.07) is 2.52. The van der Waals surface area contributed by atoms with Crippen LogP contribution in [0.2, 0.25) is 0 Å². The second-order valence-electron chi connectivity index (χ2n) is 4.64. The first-order valence-corrected chi connectivity index (χ1v) is 6.61. The van der Waals surface area contributed by atoms with E-state index in [1.807, 2.05) is 18.5 Å². The van der Waals surface area contributed by atoms with E-state index in [9.17, 15) is 0 Å². The lowest BCUT2D eigenvalue weighted by molar-refractivity contribution is 0.154. The number of nitrogens with one attached hydrogen (secondary N) is 1. The Hall–Kier alpha value is -1.00. The summed E-state index contributed by atoms with van der Waals surface area (Å²) < 4.78 is 0. The van der Waals surface area contributed by atoms with Crippen LogP contribution in [-0.2, 0) is 6.54 Å². The van der Waals surface area contributed by atoms with Crippen LogP contribution < -0.4 is 5.32 Å². The molecule has 0 spiro atoms. The van der Waals surface area contributed by atoms with Crippen LogP contribution in [0.25, 0.3) is 0 Å². The molecule has 1 aliphatic rings. The summed E-state index contributed by atoms with van der Waals surface area (Å²) in [5, 5.41) is 3.48. The number of rotatable bonds is 5. The molecule has 0 aromatic carbocycles. The molecule has 0 bridgehead atoms. The van der Waals surface area contributed by atoms with Crippen molar-refractivity contribution >= 4 is 0 Å². The van der Waals surface area contributed by atoms with Gasteiger partial charge in [0.25, 0.3) is 0 Å². The van der Waals surface area contributed by atoms with Gasteiger partial charge in [-0.3, -0.25) is 4.90 Å². The van der Waals surface area contributed by atoms with Gasteiger partial charge in [-0.1, -0.05) is 6.92 Å². The summed E-state index contributed by atoms with van der Waals surface area (Å²) in [5.74, 6) is 0.937. The molecule has 0 radical (unpaired) electrons. The Balaban J connectivity index is 1.96. The van der Waals surface area contributed by atoms with Gasteiger partial charge < -0.3 is 5.32 Å². The third-order valence-corrected chi connectivity index (χ3v) is 3.26. The number of hydrogen-bond donors (Lipinski definition) is 1. The molecule has 1 atom stereocenters. The van der Waals surface area contributed by atoms with Crippen molar-refractivity contribution in [3.05, 3.63) is 24.3 Å². The lowest BCUT2D eigenvalue weighted by Gasteiger charge is -2.34. The third kappa shape index (κ3) is 3.75. The van der Waals surface area contributed by atoms with Crippen LogP contribution >= 0.6 is 0 Å². The van der Waals surface area contributed by atoms with Crippen molar-refractivity contribution in [2.45, 2.75) is 38.8 Å². The molecule has 94 valence electrons. The highest BCUT2D eigenvalue weighted by molar-refractivity contribution is 4.90. The predicted octanol–water partition coefficient (Wildman–Crippen LogP) is 1.44. The quantitative estimate of drug-likeness (QED) is 0.837. The standard InChI is InChI=1S/C13H22N4/c1-2-9-17(12-5-3-6-14-10-12)11-13-15-7-4-8-16-13/h4,7-8,12,14H,2-3,5-6,9-11H2,1H3. The molecule has 4 heteroatoms. The molecule has 1 saturated heterocycles. The smallest absolute Gasteiger partial charge is 0.142 e. The minimum absolute atomic E-state index is 0.646. The van der Waals surface area contributed by atoms with E-state index in [0.717, 1.165) is 32.0 Å². The van der Waals surface area contributed by atoms with Crippen molar-refractivity contribution in [3.63, 3.8) is 0 Å². The first kappa shape index (κ1) is 12.5. The molecule has 1 fully saturated rings. The van der Waals surface area contributed by atoms with Gasteiger partial charge in [-0.2, -0.15) is 0 Å². The summed E-state index contributed by atoms with van der Waals surface area (Å²) in [6.45, 7) is 6.51. The van der Waals surface area contributed by atoms with Crippen molar-refractivity contribution in [2.75, 3.05) is 19.6 Å². The van der Waals surface area contributed by atoms with Gasteiger partial charge in [0.05, 0.1) is 6.54 Å². The van der Waals surface area contributed by atoms with E-state index in [-0.39, 0.29) is 0 Å². The number of aromatic nitrogens is 2. The van der Waals surface area contributed by atoms with Crippen molar-refractivity contribution in [1.82, 2.24) is 20.2 Å². The van der Waals surface area contributed by atoms with E-state index < -0.39 is 0 Å². The summed E-state index contributed by atoms with van der Waals surface area (Å²) >= 11 is 0. The zero-order valence-corrected chi connectivity index (χ0v) is 10.6. The first-order chi connectivity index (χ1) is 8.40. The maximum atomic E-state index is 4.32. The molecule has 1 unspecified atom stereocenters. The second kappa shape index (κ2) is 6.67. The fourth-order valence-electron chi connectivity index (χ4n) is 2.42. The fraction of sp³-hybridized carbons (Fsp3) is 0.692. The SMILES string of the molecule is CCCN(Cc1ncccn1)C1CCCNC1. The Labute approximate surface area is 103 Å². The zero-order valence-electron chi connectivity index (χ0n) is 10.6. The van der Waals surface area contributed by atoms with Gasteiger partial charge >= 0.3 is 0 Å². The topological polar surface area (TPSA) is 41.1 Å². The van der Waals surface area contributed by atoms with Crippen LogP contribution in [-0.4, -0.2) is 40.5 Å². The number of hydrogen-bond acceptors (Lipinski definition) is 4. The largest absolute Gasteiger partial charge is 0.315 e. The molecule has 1 N–H and O–H groups in total. The number of piperidine rings is 1. The Morgan fingerprint density at radius 2 is 2.24 bits per heavy atom. The minimum Gasteiger partial charge on any atom is -0.315 e. The third-order valence-electron chi connectivity index (χ3n) is 3.26. The average molecular weight is 234 g/mol. The van der Waals surface area contributed by atoms with Crippen molar-refractivity contribution in [2.24, 2.45) is 0 Å². The Kier molecular flexibility index (Phi) is 4.88. The molecular formula is C13H22N4. The average Bonchev–Trinajstić information content (AvgIpc) is 2.40. The summed E-state index contributed by atoms with van der Waals surface area (Å²) in [7, 11) is 0. The van der Waals surface area contributed by atoms with Crippen LogP contribution in [0.3, 0.4) is 0 Å². The normalized spacial score (nSPS) is 20.7. The highest BCUT2D eigenvalue weighted by atomic mass is 15.2. The van der Waals surface area contributed by atoms with Gasteiger partial charge in [0.15, 0.2) is 0 Å². The highest BCUT2D eigenvalue weighted by Gasteiger charge is 2.20. The van der Waals surface area contributed by atoms with E-state index in [0.29, 0.717) is 6.04 Å². The van der Waals surface area contributed by atoms with Gasteiger partial charge in [-0.25, -0.2) is 9.97 Å². The van der Waals surface area contributed by atoms with E-state index >= 15 is 0 Å². The van der Waals surface area contributed by atoms with Crippen molar-refractivity contribution in [3.8, 4) is 0 Å². The lowest BCUT2D eigenvalue weighted by Crippen LogP contribution is -2.46. The Morgan fingerprint density at radius 3 is 2.88 bits per heavy atom. The molecule has 1 aromatic heterocycles. The highest BCUT2D eigenvalue weighted by Crippen LogP contribution is 2.13. The monoisotopic (exact) mass is 234 g/mol. The molecule has 0 aliphatic carbocycles. The maximum absolute atomic E-state index is 4.32. The predicted molar refractivity (Wildman–Crippen MR) is 68.6 cm³/mol. The summed E-state index contributed by atoms with van der Waals surface area (Å²) in [4.78, 5) is 11.2. The molecule has 2 heterocycles. The van der Waals surface area contributed by atoms with Gasteiger partial charge in [0.1, 0.15) is 5.82 Å². The lowest BCUT2D eigenvalue weighted by atomic mass is 10.1. The first-order valence-electron chi connectivity index (χ1n) is 6.61. The molecular weight excluding hydrogens is 212 g/mol. The van der Waals surface area contributed by atoms with Crippen molar-refractivity contribution < 1.29 is 0 Å². The van der Waals surface area contributed by atoms with Crippen molar-refractivity contribution in [1.29, 1.82) is 0 Å². The van der Waals surface area contributed by atoms with E-state index in [1.165, 1.54) is 19.3 Å². The van der Waals surface area contributed by atoms with Gasteiger partial charge in [0.2, 0.25) is 0 Å². The van der Waals surface area contributed by atoms with Gasteiger partial charge in [0, 0.05) is 25.0 Å². The second-order valence-corrected chi connectivity index (χ2v) is 4.64. The molecule has 2 rings (SSSR count). The molecule has 17 heavy (non-hydrogen) atoms. The summed E-state index contributed by atoms with van der Waals surface area (Å²) in [6.07, 6.45) is 7.40. The molecule has 0 amide bonds. The molecule has 0 saturated carbocycles. The van der Waals surface area contributed by atoms with E-state index in [1.54, 1.807) is 0 Å². The van der Waals surface area contributed by atoms with Crippen LogP contribution in [0.15, 0.2) is 18.5 Å². The van der Waals surface area contributed by atoms with Crippen LogP contribution in [0.5, 0.6) is 0 Å². The van der Waals surface area contributed by atoms with Crippen LogP contribution in [0.1, 0.15) is 32.0 Å². The van der Waals surface area contributed by atoms with Gasteiger partial charge in [-0.05, 0) is 38.4 Å². The van der Waals surface area contributed by atoms with Crippen LogP contribution in [0.4, 0.5) is 0 Å². The number of nitrogens with zero attached hydrogens (tertiary/aromatic N) is 3. The van der Waals surface area contributed by atoms with E-state index in [4.69, 9.17) is 0 Å². The van der Waals surface area contributed by atoms with Gasteiger partial charge in [-0.15, -0.1) is 0 Å². The summed E-state index contributed by atoms with van der Waals surface area (Å²) in [5.41, 5.74) is 0. The molecule has 1 aliphatic heterocycles. The zero-order chi connectivity index (χ0) is 11.9. The molecule has 1 aromatic rings. The van der Waals surface area contributed by atoms with E-state index in [2.05, 4.69) is 27.1 Å². The Bertz CT molecular complexity index is 308. The Morgan fingerprint density at radius 1 is 1.41 bits per heavy atom. The fourth-order valence-corrected chi connectivity index (χ4v) is 2.42. The minimum atomic E-state index is 0.646. The molecule has 4 nitrogen and oxygen atoms in total. The van der Waals surface area contributed by atoms with Crippen LogP contribution in [0, 0.1) is 0 Å². The maximum Gasteiger partial charge on any atom is 0.142 e.